The Balaban J connectivity index is 2.17. The molecule has 0 amide bonds. The molecule has 0 aromatic carbocycles. The van der Waals surface area contributed by atoms with Crippen molar-refractivity contribution in [2.45, 2.75) is 45.6 Å². The molecule has 1 aromatic heterocycles. The molecule has 1 fully saturated rings. The Morgan fingerprint density at radius 2 is 1.95 bits per heavy atom. The molecule has 2 rings (SSSR count). The van der Waals surface area contributed by atoms with Gasteiger partial charge in [-0.3, -0.25) is 0 Å². The van der Waals surface area contributed by atoms with Crippen LogP contribution in [-0.2, 0) is 0 Å². The van der Waals surface area contributed by atoms with E-state index in [1.807, 2.05) is 0 Å². The van der Waals surface area contributed by atoms with Gasteiger partial charge >= 0.3 is 0 Å². The van der Waals surface area contributed by atoms with Crippen molar-refractivity contribution in [1.29, 1.82) is 0 Å². The Labute approximate surface area is 112 Å². The predicted octanol–water partition coefficient (Wildman–Crippen LogP) is 3.57. The minimum atomic E-state index is -0.813. The quantitative estimate of drug-likeness (QED) is 0.882. The van der Waals surface area contributed by atoms with E-state index in [-0.39, 0.29) is 17.7 Å². The van der Waals surface area contributed by atoms with E-state index in [1.165, 1.54) is 6.42 Å². The van der Waals surface area contributed by atoms with Crippen LogP contribution in [0.4, 0.5) is 20.4 Å². The highest BCUT2D eigenvalue weighted by Crippen LogP contribution is 2.32. The highest BCUT2D eigenvalue weighted by molar-refractivity contribution is 5.45. The first-order chi connectivity index (χ1) is 8.99. The number of halogens is 2. The second kappa shape index (κ2) is 5.72. The van der Waals surface area contributed by atoms with Crippen LogP contribution in [0.1, 0.15) is 39.5 Å². The molecule has 0 aliphatic heterocycles. The Bertz CT molecular complexity index is 449. The zero-order chi connectivity index (χ0) is 14.0. The van der Waals surface area contributed by atoms with Gasteiger partial charge in [-0.15, -0.1) is 0 Å². The lowest BCUT2D eigenvalue weighted by Gasteiger charge is -2.35. The first-order valence-corrected chi connectivity index (χ1v) is 6.87. The molecule has 106 valence electrons. The first kappa shape index (κ1) is 14.0. The summed E-state index contributed by atoms with van der Waals surface area (Å²) in [6.07, 6.45) is 4.45. The van der Waals surface area contributed by atoms with Gasteiger partial charge in [-0.25, -0.2) is 13.8 Å². The van der Waals surface area contributed by atoms with Crippen molar-refractivity contribution in [2.24, 2.45) is 11.8 Å². The summed E-state index contributed by atoms with van der Waals surface area (Å²) in [5.74, 6) is -0.677. The van der Waals surface area contributed by atoms with Gasteiger partial charge in [-0.2, -0.15) is 0 Å². The van der Waals surface area contributed by atoms with Crippen molar-refractivity contribution in [2.75, 3.05) is 11.1 Å². The Morgan fingerprint density at radius 3 is 2.63 bits per heavy atom. The zero-order valence-corrected chi connectivity index (χ0v) is 11.4. The van der Waals surface area contributed by atoms with Crippen LogP contribution < -0.4 is 11.1 Å². The lowest BCUT2D eigenvalue weighted by Crippen LogP contribution is -2.35. The summed E-state index contributed by atoms with van der Waals surface area (Å²) in [7, 11) is 0. The summed E-state index contributed by atoms with van der Waals surface area (Å²) < 4.78 is 26.8. The highest BCUT2D eigenvalue weighted by atomic mass is 19.1. The molecule has 1 saturated carbocycles. The van der Waals surface area contributed by atoms with E-state index in [1.54, 1.807) is 0 Å². The van der Waals surface area contributed by atoms with Crippen LogP contribution in [0.2, 0.25) is 0 Å². The fourth-order valence-corrected chi connectivity index (χ4v) is 2.89. The maximum absolute atomic E-state index is 13.7. The second-order valence-electron chi connectivity index (χ2n) is 5.63. The highest BCUT2D eigenvalue weighted by Gasteiger charge is 2.28. The van der Waals surface area contributed by atoms with E-state index in [2.05, 4.69) is 24.1 Å². The van der Waals surface area contributed by atoms with Crippen LogP contribution in [0.3, 0.4) is 0 Å². The van der Waals surface area contributed by atoms with Crippen molar-refractivity contribution in [3.8, 4) is 0 Å². The summed E-state index contributed by atoms with van der Waals surface area (Å²) in [5, 5.41) is 3.12. The van der Waals surface area contributed by atoms with E-state index in [0.717, 1.165) is 25.3 Å². The number of hydrogen-bond acceptors (Lipinski definition) is 3. The molecule has 1 aromatic rings. The number of nitrogens with one attached hydrogen (secondary N) is 1. The number of pyridine rings is 1. The molecule has 0 bridgehead atoms. The number of anilines is 2. The maximum atomic E-state index is 13.7. The molecule has 1 heterocycles. The van der Waals surface area contributed by atoms with Gasteiger partial charge in [0.25, 0.3) is 0 Å². The third-order valence-electron chi connectivity index (χ3n) is 3.95. The third-order valence-corrected chi connectivity index (χ3v) is 3.95. The largest absolute Gasteiger partial charge is 0.381 e. The van der Waals surface area contributed by atoms with Gasteiger partial charge < -0.3 is 11.1 Å². The monoisotopic (exact) mass is 269 g/mol. The van der Waals surface area contributed by atoms with E-state index in [4.69, 9.17) is 5.73 Å². The second-order valence-corrected chi connectivity index (χ2v) is 5.63. The molecule has 19 heavy (non-hydrogen) atoms. The fraction of sp³-hybridized carbons (Fsp3) is 0.643. The summed E-state index contributed by atoms with van der Waals surface area (Å²) in [6.45, 7) is 4.35. The summed E-state index contributed by atoms with van der Waals surface area (Å²) >= 11 is 0. The molecule has 5 heteroatoms. The van der Waals surface area contributed by atoms with Gasteiger partial charge in [0.2, 0.25) is 0 Å². The predicted molar refractivity (Wildman–Crippen MR) is 72.8 cm³/mol. The lowest BCUT2D eigenvalue weighted by atomic mass is 9.78. The van der Waals surface area contributed by atoms with E-state index < -0.39 is 11.6 Å². The molecular formula is C14H21F2N3. The summed E-state index contributed by atoms with van der Waals surface area (Å²) in [5.41, 5.74) is 5.40. The van der Waals surface area contributed by atoms with Crippen LogP contribution in [0.25, 0.3) is 0 Å². The standard InChI is InChI=1S/C14H21F2N3/c1-8(2)9-5-3-4-6-12(9)18-14-11(16)7-10(15)13(17)19-14/h7-9,12H,3-6H2,1-2H3,(H3,17,18,19). The smallest absolute Gasteiger partial charge is 0.168 e. The Morgan fingerprint density at radius 1 is 1.26 bits per heavy atom. The van der Waals surface area contributed by atoms with Gasteiger partial charge in [0.1, 0.15) is 0 Å². The molecule has 2 atom stereocenters. The van der Waals surface area contributed by atoms with Crippen LogP contribution >= 0.6 is 0 Å². The normalized spacial score (nSPS) is 23.6. The van der Waals surface area contributed by atoms with Crippen molar-refractivity contribution < 1.29 is 8.78 Å². The van der Waals surface area contributed by atoms with Crippen molar-refractivity contribution >= 4 is 11.6 Å². The SMILES string of the molecule is CC(C)C1CCCCC1Nc1nc(N)c(F)cc1F. The molecule has 3 N–H and O–H groups in total. The van der Waals surface area contributed by atoms with E-state index >= 15 is 0 Å². The average Bonchev–Trinajstić information content (AvgIpc) is 2.36. The number of nitrogen functional groups attached to an aromatic ring is 1. The first-order valence-electron chi connectivity index (χ1n) is 6.87. The van der Waals surface area contributed by atoms with Gasteiger partial charge in [0.15, 0.2) is 23.3 Å². The fourth-order valence-electron chi connectivity index (χ4n) is 2.89. The van der Waals surface area contributed by atoms with Gasteiger partial charge in [0.05, 0.1) is 0 Å². The van der Waals surface area contributed by atoms with Crippen LogP contribution in [0, 0.1) is 23.5 Å². The van der Waals surface area contributed by atoms with Crippen LogP contribution in [0.15, 0.2) is 6.07 Å². The van der Waals surface area contributed by atoms with Gasteiger partial charge in [-0.05, 0) is 24.7 Å². The third kappa shape index (κ3) is 3.14. The molecule has 3 nitrogen and oxygen atoms in total. The topological polar surface area (TPSA) is 50.9 Å². The van der Waals surface area contributed by atoms with Crippen molar-refractivity contribution in [1.82, 2.24) is 4.98 Å². The molecule has 1 aliphatic rings. The average molecular weight is 269 g/mol. The van der Waals surface area contributed by atoms with Crippen molar-refractivity contribution in [3.63, 3.8) is 0 Å². The van der Waals surface area contributed by atoms with Crippen LogP contribution in [0.5, 0.6) is 0 Å². The summed E-state index contributed by atoms with van der Waals surface area (Å²) in [6, 6.07) is 0.971. The molecule has 0 radical (unpaired) electrons. The lowest BCUT2D eigenvalue weighted by molar-refractivity contribution is 0.253. The minimum Gasteiger partial charge on any atom is -0.381 e. The molecular weight excluding hydrogens is 248 g/mol. The van der Waals surface area contributed by atoms with Gasteiger partial charge in [0, 0.05) is 12.1 Å². The van der Waals surface area contributed by atoms with Crippen LogP contribution in [-0.4, -0.2) is 11.0 Å². The number of hydrogen-bond donors (Lipinski definition) is 2. The van der Waals surface area contributed by atoms with Gasteiger partial charge in [-0.1, -0.05) is 26.7 Å². The Kier molecular flexibility index (Phi) is 4.22. The van der Waals surface area contributed by atoms with Crippen molar-refractivity contribution in [3.05, 3.63) is 17.7 Å². The minimum absolute atomic E-state index is 0.0662. The number of nitrogens with two attached hydrogens (primary N) is 1. The van der Waals surface area contributed by atoms with E-state index in [9.17, 15) is 8.78 Å². The van der Waals surface area contributed by atoms with E-state index in [0.29, 0.717) is 11.8 Å². The summed E-state index contributed by atoms with van der Waals surface area (Å²) in [4.78, 5) is 3.78. The molecule has 0 saturated heterocycles. The zero-order valence-electron chi connectivity index (χ0n) is 11.4. The number of rotatable bonds is 3. The molecule has 2 unspecified atom stereocenters. The number of aromatic nitrogens is 1. The molecule has 0 spiro atoms. The maximum Gasteiger partial charge on any atom is 0.168 e. The number of nitrogens with zero attached hydrogens (tertiary/aromatic N) is 1. The molecule has 1 aliphatic carbocycles. The Hall–Kier alpha value is -1.39.